The molecule has 5 heteroatoms. The fourth-order valence-corrected chi connectivity index (χ4v) is 2.00. The van der Waals surface area contributed by atoms with Crippen LogP contribution in [-0.4, -0.2) is 11.5 Å². The van der Waals surface area contributed by atoms with Gasteiger partial charge in [-0.05, 0) is 43.7 Å². The predicted octanol–water partition coefficient (Wildman–Crippen LogP) is 4.47. The molecular weight excluding hydrogens is 291 g/mol. The fourth-order valence-electron chi connectivity index (χ4n) is 1.89. The molecule has 1 aromatic heterocycles. The second-order valence-electron chi connectivity index (χ2n) is 4.82. The maximum atomic E-state index is 13.4. The maximum Gasteiger partial charge on any atom is 0.222 e. The standard InChI is InChI=1S/C16H18ClFN2O/c1-3-6-19-9-12-7-11(2)16(20-10-12)21-13-4-5-14(17)15(18)8-13/h4-5,7-8,10,19H,3,6,9H2,1-2H3. The van der Waals surface area contributed by atoms with Crippen molar-refractivity contribution in [2.45, 2.75) is 26.8 Å². The zero-order chi connectivity index (χ0) is 15.2. The van der Waals surface area contributed by atoms with Crippen molar-refractivity contribution in [1.29, 1.82) is 0 Å². The van der Waals surface area contributed by atoms with Crippen LogP contribution in [0, 0.1) is 12.7 Å². The van der Waals surface area contributed by atoms with Gasteiger partial charge in [0.1, 0.15) is 11.6 Å². The van der Waals surface area contributed by atoms with Crippen molar-refractivity contribution in [2.75, 3.05) is 6.54 Å². The van der Waals surface area contributed by atoms with Gasteiger partial charge in [-0.25, -0.2) is 9.37 Å². The Kier molecular flexibility index (Phi) is 5.53. The van der Waals surface area contributed by atoms with Gasteiger partial charge in [0, 0.05) is 24.4 Å². The summed E-state index contributed by atoms with van der Waals surface area (Å²) in [6, 6.07) is 6.34. The Morgan fingerprint density at radius 3 is 2.81 bits per heavy atom. The van der Waals surface area contributed by atoms with Gasteiger partial charge in [-0.3, -0.25) is 0 Å². The summed E-state index contributed by atoms with van der Waals surface area (Å²) >= 11 is 5.64. The highest BCUT2D eigenvalue weighted by Gasteiger charge is 2.07. The Morgan fingerprint density at radius 1 is 1.33 bits per heavy atom. The molecule has 0 fully saturated rings. The second-order valence-corrected chi connectivity index (χ2v) is 5.23. The summed E-state index contributed by atoms with van der Waals surface area (Å²) in [4.78, 5) is 4.29. The number of aromatic nitrogens is 1. The van der Waals surface area contributed by atoms with Crippen LogP contribution in [0.5, 0.6) is 11.6 Å². The number of ether oxygens (including phenoxy) is 1. The van der Waals surface area contributed by atoms with E-state index in [4.69, 9.17) is 16.3 Å². The molecule has 0 aliphatic heterocycles. The first-order valence-corrected chi connectivity index (χ1v) is 7.27. The van der Waals surface area contributed by atoms with E-state index in [-0.39, 0.29) is 5.02 Å². The van der Waals surface area contributed by atoms with Crippen LogP contribution in [0.25, 0.3) is 0 Å². The van der Waals surface area contributed by atoms with Crippen LogP contribution in [0.4, 0.5) is 4.39 Å². The van der Waals surface area contributed by atoms with Crippen LogP contribution in [0.15, 0.2) is 30.5 Å². The highest BCUT2D eigenvalue weighted by Crippen LogP contribution is 2.26. The average molecular weight is 309 g/mol. The molecule has 1 aromatic carbocycles. The third kappa shape index (κ3) is 4.41. The summed E-state index contributed by atoms with van der Waals surface area (Å²) in [6.07, 6.45) is 2.85. The lowest BCUT2D eigenvalue weighted by atomic mass is 10.2. The van der Waals surface area contributed by atoms with E-state index in [0.717, 1.165) is 30.6 Å². The number of hydrogen-bond donors (Lipinski definition) is 1. The lowest BCUT2D eigenvalue weighted by molar-refractivity contribution is 0.453. The quantitative estimate of drug-likeness (QED) is 0.799. The van der Waals surface area contributed by atoms with E-state index in [1.54, 1.807) is 12.3 Å². The van der Waals surface area contributed by atoms with E-state index in [1.165, 1.54) is 12.1 Å². The zero-order valence-corrected chi connectivity index (χ0v) is 12.9. The number of nitrogens with zero attached hydrogens (tertiary/aromatic N) is 1. The molecule has 0 aliphatic carbocycles. The molecule has 21 heavy (non-hydrogen) atoms. The third-order valence-corrected chi connectivity index (χ3v) is 3.25. The Labute approximate surface area is 129 Å². The number of hydrogen-bond acceptors (Lipinski definition) is 3. The molecule has 0 unspecified atom stereocenters. The SMILES string of the molecule is CCCNCc1cnc(Oc2ccc(Cl)c(F)c2)c(C)c1. The van der Waals surface area contributed by atoms with Gasteiger partial charge in [0.2, 0.25) is 5.88 Å². The largest absolute Gasteiger partial charge is 0.439 e. The Morgan fingerprint density at radius 2 is 2.14 bits per heavy atom. The molecule has 2 aromatic rings. The van der Waals surface area contributed by atoms with Crippen LogP contribution >= 0.6 is 11.6 Å². The highest BCUT2D eigenvalue weighted by molar-refractivity contribution is 6.30. The Hall–Kier alpha value is -1.65. The molecular formula is C16H18ClFN2O. The minimum atomic E-state index is -0.507. The molecule has 0 atom stereocenters. The van der Waals surface area contributed by atoms with E-state index in [0.29, 0.717) is 11.6 Å². The van der Waals surface area contributed by atoms with E-state index in [1.807, 2.05) is 13.0 Å². The second kappa shape index (κ2) is 7.38. The summed E-state index contributed by atoms with van der Waals surface area (Å²) in [5.41, 5.74) is 2.00. The van der Waals surface area contributed by atoms with Gasteiger partial charge in [-0.15, -0.1) is 0 Å². The molecule has 3 nitrogen and oxygen atoms in total. The lowest BCUT2D eigenvalue weighted by Gasteiger charge is -2.10. The number of benzene rings is 1. The van der Waals surface area contributed by atoms with Crippen molar-refractivity contribution in [3.63, 3.8) is 0 Å². The van der Waals surface area contributed by atoms with E-state index in [9.17, 15) is 4.39 Å². The van der Waals surface area contributed by atoms with Crippen LogP contribution in [0.3, 0.4) is 0 Å². The molecule has 0 spiro atoms. The summed E-state index contributed by atoms with van der Waals surface area (Å²) in [5, 5.41) is 3.39. The smallest absolute Gasteiger partial charge is 0.222 e. The summed E-state index contributed by atoms with van der Waals surface area (Å²) in [5.74, 6) is 0.340. The lowest BCUT2D eigenvalue weighted by Crippen LogP contribution is -2.14. The predicted molar refractivity (Wildman–Crippen MR) is 82.5 cm³/mol. The number of nitrogens with one attached hydrogen (secondary N) is 1. The van der Waals surface area contributed by atoms with Crippen molar-refractivity contribution in [2.24, 2.45) is 0 Å². The van der Waals surface area contributed by atoms with Gasteiger partial charge in [-0.1, -0.05) is 18.5 Å². The first kappa shape index (κ1) is 15.7. The maximum absolute atomic E-state index is 13.4. The van der Waals surface area contributed by atoms with Crippen LogP contribution in [-0.2, 0) is 6.54 Å². The third-order valence-electron chi connectivity index (χ3n) is 2.95. The molecule has 0 aliphatic rings. The Bertz CT molecular complexity index is 619. The Balaban J connectivity index is 2.08. The molecule has 2 rings (SSSR count). The number of aryl methyl sites for hydroxylation is 1. The number of rotatable bonds is 6. The zero-order valence-electron chi connectivity index (χ0n) is 12.1. The molecule has 0 amide bonds. The molecule has 1 heterocycles. The van der Waals surface area contributed by atoms with E-state index < -0.39 is 5.82 Å². The molecule has 112 valence electrons. The highest BCUT2D eigenvalue weighted by atomic mass is 35.5. The first-order chi connectivity index (χ1) is 10.1. The van der Waals surface area contributed by atoms with Crippen molar-refractivity contribution >= 4 is 11.6 Å². The van der Waals surface area contributed by atoms with Crippen LogP contribution in [0.1, 0.15) is 24.5 Å². The molecule has 0 radical (unpaired) electrons. The van der Waals surface area contributed by atoms with Crippen molar-refractivity contribution < 1.29 is 9.13 Å². The first-order valence-electron chi connectivity index (χ1n) is 6.89. The molecule has 0 bridgehead atoms. The minimum absolute atomic E-state index is 0.0735. The average Bonchev–Trinajstić information content (AvgIpc) is 2.46. The van der Waals surface area contributed by atoms with Crippen molar-refractivity contribution in [1.82, 2.24) is 10.3 Å². The van der Waals surface area contributed by atoms with Gasteiger partial charge in [0.15, 0.2) is 0 Å². The van der Waals surface area contributed by atoms with Crippen molar-refractivity contribution in [3.8, 4) is 11.6 Å². The van der Waals surface area contributed by atoms with Gasteiger partial charge in [0.25, 0.3) is 0 Å². The normalized spacial score (nSPS) is 10.7. The van der Waals surface area contributed by atoms with Gasteiger partial charge >= 0.3 is 0 Å². The number of pyridine rings is 1. The summed E-state index contributed by atoms with van der Waals surface area (Å²) in [7, 11) is 0. The molecule has 0 saturated carbocycles. The fraction of sp³-hybridized carbons (Fsp3) is 0.312. The van der Waals surface area contributed by atoms with E-state index in [2.05, 4.69) is 17.2 Å². The molecule has 0 saturated heterocycles. The summed E-state index contributed by atoms with van der Waals surface area (Å²) < 4.78 is 19.0. The topological polar surface area (TPSA) is 34.2 Å². The van der Waals surface area contributed by atoms with Gasteiger partial charge in [0.05, 0.1) is 5.02 Å². The summed E-state index contributed by atoms with van der Waals surface area (Å²) in [6.45, 7) is 5.79. The van der Waals surface area contributed by atoms with Gasteiger partial charge < -0.3 is 10.1 Å². The van der Waals surface area contributed by atoms with Crippen molar-refractivity contribution in [3.05, 3.63) is 52.4 Å². The van der Waals surface area contributed by atoms with Crippen LogP contribution < -0.4 is 10.1 Å². The molecule has 1 N–H and O–H groups in total. The van der Waals surface area contributed by atoms with Gasteiger partial charge in [-0.2, -0.15) is 0 Å². The minimum Gasteiger partial charge on any atom is -0.439 e. The van der Waals surface area contributed by atoms with E-state index >= 15 is 0 Å². The monoisotopic (exact) mass is 308 g/mol. The number of halogens is 2. The van der Waals surface area contributed by atoms with Crippen LogP contribution in [0.2, 0.25) is 5.02 Å².